The maximum Gasteiger partial charge on any atom is 0.0223 e. The summed E-state index contributed by atoms with van der Waals surface area (Å²) in [5.74, 6) is 0.822. The minimum atomic E-state index is 0.822. The van der Waals surface area contributed by atoms with E-state index >= 15 is 0 Å². The van der Waals surface area contributed by atoms with E-state index in [4.69, 9.17) is 0 Å². The molecule has 1 rings (SSSR count). The highest BCUT2D eigenvalue weighted by atomic mass is 15.0. The minimum Gasteiger partial charge on any atom is -0.352 e. The Balaban J connectivity index is 2.29. The molecule has 0 spiro atoms. The Labute approximate surface area is 100 Å². The van der Waals surface area contributed by atoms with Gasteiger partial charge in [-0.3, -0.25) is 0 Å². The third-order valence-electron chi connectivity index (χ3n) is 3.33. The highest BCUT2D eigenvalue weighted by Gasteiger charge is 2.04. The van der Waals surface area contributed by atoms with Crippen molar-refractivity contribution in [3.63, 3.8) is 0 Å². The summed E-state index contributed by atoms with van der Waals surface area (Å²) in [5.41, 5.74) is 4.16. The first-order chi connectivity index (χ1) is 7.52. The summed E-state index contributed by atoms with van der Waals surface area (Å²) < 4.78 is 2.26. The fourth-order valence-corrected chi connectivity index (χ4v) is 1.97. The third kappa shape index (κ3) is 3.67. The van der Waals surface area contributed by atoms with Crippen LogP contribution in [0.15, 0.2) is 6.07 Å². The Morgan fingerprint density at radius 3 is 2.50 bits per heavy atom. The van der Waals surface area contributed by atoms with Crippen LogP contribution >= 0.6 is 0 Å². The van der Waals surface area contributed by atoms with Gasteiger partial charge in [0.1, 0.15) is 0 Å². The summed E-state index contributed by atoms with van der Waals surface area (Å²) in [4.78, 5) is 0. The Morgan fingerprint density at radius 2 is 2.00 bits per heavy atom. The molecular formula is C14H26N2. The van der Waals surface area contributed by atoms with Crippen LogP contribution in [0.3, 0.4) is 0 Å². The predicted molar refractivity (Wildman–Crippen MR) is 70.7 cm³/mol. The maximum absolute atomic E-state index is 3.53. The highest BCUT2D eigenvalue weighted by Crippen LogP contribution is 2.12. The van der Waals surface area contributed by atoms with Gasteiger partial charge in [0.15, 0.2) is 0 Å². The zero-order chi connectivity index (χ0) is 12.1. The zero-order valence-corrected chi connectivity index (χ0v) is 11.4. The van der Waals surface area contributed by atoms with Crippen molar-refractivity contribution >= 4 is 0 Å². The van der Waals surface area contributed by atoms with Gasteiger partial charge in [0.05, 0.1) is 0 Å². The van der Waals surface area contributed by atoms with E-state index in [9.17, 15) is 0 Å². The molecule has 0 saturated carbocycles. The lowest BCUT2D eigenvalue weighted by Crippen LogP contribution is -2.15. The normalized spacial score (nSPS) is 11.4. The molecule has 0 aliphatic heterocycles. The Morgan fingerprint density at radius 1 is 1.31 bits per heavy atom. The van der Waals surface area contributed by atoms with Gasteiger partial charge >= 0.3 is 0 Å². The molecule has 0 aromatic carbocycles. The molecule has 1 heterocycles. The van der Waals surface area contributed by atoms with Crippen molar-refractivity contribution in [2.75, 3.05) is 6.54 Å². The molecule has 0 saturated heterocycles. The second kappa shape index (κ2) is 6.09. The smallest absolute Gasteiger partial charge is 0.0223 e. The molecule has 2 heteroatoms. The molecule has 0 atom stereocenters. The molecule has 2 nitrogen and oxygen atoms in total. The van der Waals surface area contributed by atoms with E-state index in [0.29, 0.717) is 0 Å². The number of hydrogen-bond donors (Lipinski definition) is 1. The molecule has 0 amide bonds. The van der Waals surface area contributed by atoms with Crippen molar-refractivity contribution in [3.05, 3.63) is 23.0 Å². The first-order valence-corrected chi connectivity index (χ1v) is 6.35. The monoisotopic (exact) mass is 222 g/mol. The van der Waals surface area contributed by atoms with Crippen molar-refractivity contribution in [1.29, 1.82) is 0 Å². The SMILES string of the molecule is Cc1cc(CNCCCC(C)C)c(C)n1C. The number of rotatable bonds is 6. The lowest BCUT2D eigenvalue weighted by atomic mass is 10.1. The molecule has 0 radical (unpaired) electrons. The van der Waals surface area contributed by atoms with Gasteiger partial charge in [0.2, 0.25) is 0 Å². The largest absolute Gasteiger partial charge is 0.352 e. The van der Waals surface area contributed by atoms with Crippen molar-refractivity contribution in [3.8, 4) is 0 Å². The third-order valence-corrected chi connectivity index (χ3v) is 3.33. The molecule has 0 fully saturated rings. The zero-order valence-electron chi connectivity index (χ0n) is 11.4. The standard InChI is InChI=1S/C14H26N2/c1-11(2)7-6-8-15-10-14-9-12(3)16(5)13(14)4/h9,11,15H,6-8,10H2,1-5H3. The van der Waals surface area contributed by atoms with E-state index in [-0.39, 0.29) is 0 Å². The number of nitrogens with one attached hydrogen (secondary N) is 1. The number of nitrogens with zero attached hydrogens (tertiary/aromatic N) is 1. The first-order valence-electron chi connectivity index (χ1n) is 6.35. The number of hydrogen-bond acceptors (Lipinski definition) is 1. The lowest BCUT2D eigenvalue weighted by Gasteiger charge is -2.07. The number of aryl methyl sites for hydroxylation is 1. The van der Waals surface area contributed by atoms with Crippen LogP contribution in [-0.4, -0.2) is 11.1 Å². The first kappa shape index (κ1) is 13.3. The van der Waals surface area contributed by atoms with Crippen molar-refractivity contribution < 1.29 is 0 Å². The molecule has 1 aromatic heterocycles. The van der Waals surface area contributed by atoms with Gasteiger partial charge in [-0.15, -0.1) is 0 Å². The van der Waals surface area contributed by atoms with Gasteiger partial charge < -0.3 is 9.88 Å². The van der Waals surface area contributed by atoms with Crippen LogP contribution in [0.5, 0.6) is 0 Å². The van der Waals surface area contributed by atoms with Crippen LogP contribution < -0.4 is 5.32 Å². The summed E-state index contributed by atoms with van der Waals surface area (Å²) in [7, 11) is 2.13. The Kier molecular flexibility index (Phi) is 5.07. The van der Waals surface area contributed by atoms with E-state index in [2.05, 4.69) is 50.7 Å². The maximum atomic E-state index is 3.53. The van der Waals surface area contributed by atoms with Gasteiger partial charge in [0, 0.05) is 25.0 Å². The van der Waals surface area contributed by atoms with Crippen LogP contribution in [0.4, 0.5) is 0 Å². The van der Waals surface area contributed by atoms with Gasteiger partial charge in [-0.05, 0) is 50.8 Å². The molecular weight excluding hydrogens is 196 g/mol. The van der Waals surface area contributed by atoms with E-state index in [0.717, 1.165) is 19.0 Å². The van der Waals surface area contributed by atoms with E-state index in [1.165, 1.54) is 29.8 Å². The van der Waals surface area contributed by atoms with Crippen molar-refractivity contribution in [1.82, 2.24) is 9.88 Å². The van der Waals surface area contributed by atoms with Crippen molar-refractivity contribution in [2.24, 2.45) is 13.0 Å². The Hall–Kier alpha value is -0.760. The summed E-state index contributed by atoms with van der Waals surface area (Å²) in [5, 5.41) is 3.53. The van der Waals surface area contributed by atoms with Gasteiger partial charge in [-0.2, -0.15) is 0 Å². The Bertz CT molecular complexity index is 324. The molecule has 1 N–H and O–H groups in total. The average Bonchev–Trinajstić information content (AvgIpc) is 2.45. The second-order valence-electron chi connectivity index (χ2n) is 5.17. The van der Waals surface area contributed by atoms with E-state index < -0.39 is 0 Å². The molecule has 16 heavy (non-hydrogen) atoms. The average molecular weight is 222 g/mol. The van der Waals surface area contributed by atoms with Gasteiger partial charge in [0.25, 0.3) is 0 Å². The van der Waals surface area contributed by atoms with Crippen LogP contribution in [0, 0.1) is 19.8 Å². The molecule has 0 aliphatic rings. The van der Waals surface area contributed by atoms with Crippen LogP contribution in [-0.2, 0) is 13.6 Å². The molecule has 92 valence electrons. The topological polar surface area (TPSA) is 17.0 Å². The number of aromatic nitrogens is 1. The summed E-state index contributed by atoms with van der Waals surface area (Å²) in [6, 6.07) is 2.28. The van der Waals surface area contributed by atoms with Gasteiger partial charge in [-0.25, -0.2) is 0 Å². The van der Waals surface area contributed by atoms with E-state index in [1.807, 2.05) is 0 Å². The van der Waals surface area contributed by atoms with E-state index in [1.54, 1.807) is 0 Å². The molecule has 1 aromatic rings. The van der Waals surface area contributed by atoms with Crippen LogP contribution in [0.25, 0.3) is 0 Å². The molecule has 0 aliphatic carbocycles. The lowest BCUT2D eigenvalue weighted by molar-refractivity contribution is 0.527. The van der Waals surface area contributed by atoms with Gasteiger partial charge in [-0.1, -0.05) is 13.8 Å². The quantitative estimate of drug-likeness (QED) is 0.732. The fourth-order valence-electron chi connectivity index (χ4n) is 1.97. The summed E-state index contributed by atoms with van der Waals surface area (Å²) >= 11 is 0. The summed E-state index contributed by atoms with van der Waals surface area (Å²) in [6.07, 6.45) is 2.60. The summed E-state index contributed by atoms with van der Waals surface area (Å²) in [6.45, 7) is 11.1. The second-order valence-corrected chi connectivity index (χ2v) is 5.17. The molecule has 0 unspecified atom stereocenters. The van der Waals surface area contributed by atoms with Crippen LogP contribution in [0.2, 0.25) is 0 Å². The van der Waals surface area contributed by atoms with Crippen LogP contribution in [0.1, 0.15) is 43.6 Å². The highest BCUT2D eigenvalue weighted by molar-refractivity contribution is 5.26. The van der Waals surface area contributed by atoms with Crippen molar-refractivity contribution in [2.45, 2.75) is 47.1 Å². The predicted octanol–water partition coefficient (Wildman–Crippen LogP) is 3.17. The minimum absolute atomic E-state index is 0.822. The molecule has 0 bridgehead atoms. The fraction of sp³-hybridized carbons (Fsp3) is 0.714.